The van der Waals surface area contributed by atoms with Gasteiger partial charge in [0.1, 0.15) is 0 Å². The fourth-order valence-electron chi connectivity index (χ4n) is 2.34. The predicted octanol–water partition coefficient (Wildman–Crippen LogP) is 3.20. The van der Waals surface area contributed by atoms with Crippen molar-refractivity contribution < 1.29 is 4.79 Å². The number of hydrogen-bond acceptors (Lipinski definition) is 2. The normalized spacial score (nSPS) is 18.1. The van der Waals surface area contributed by atoms with Crippen molar-refractivity contribution in [2.24, 2.45) is 5.92 Å². The molecule has 0 aromatic heterocycles. The number of rotatable bonds is 5. The minimum atomic E-state index is -0.00764. The molecule has 0 radical (unpaired) electrons. The van der Waals surface area contributed by atoms with Gasteiger partial charge in [0.15, 0.2) is 0 Å². The average Bonchev–Trinajstić information content (AvgIpc) is 2.47. The second kappa shape index (κ2) is 6.98. The molecule has 3 nitrogen and oxygen atoms in total. The Morgan fingerprint density at radius 3 is 3.00 bits per heavy atom. The largest absolute Gasteiger partial charge is 0.385 e. The molecule has 0 saturated carbocycles. The molecule has 19 heavy (non-hydrogen) atoms. The van der Waals surface area contributed by atoms with Crippen molar-refractivity contribution in [2.45, 2.75) is 26.2 Å². The van der Waals surface area contributed by atoms with Crippen LogP contribution in [0.15, 0.2) is 36.4 Å². The van der Waals surface area contributed by atoms with Gasteiger partial charge in [-0.15, -0.1) is 0 Å². The highest BCUT2D eigenvalue weighted by atomic mass is 16.1. The van der Waals surface area contributed by atoms with Gasteiger partial charge in [0.2, 0.25) is 0 Å². The summed E-state index contributed by atoms with van der Waals surface area (Å²) in [5.74, 6) is 0.699. The van der Waals surface area contributed by atoms with E-state index in [0.717, 1.165) is 24.2 Å². The van der Waals surface area contributed by atoms with Gasteiger partial charge in [-0.1, -0.05) is 18.2 Å². The van der Waals surface area contributed by atoms with Gasteiger partial charge in [-0.05, 0) is 50.3 Å². The quantitative estimate of drug-likeness (QED) is 0.796. The molecule has 2 rings (SSSR count). The van der Waals surface area contributed by atoms with Crippen LogP contribution in [0.4, 0.5) is 5.69 Å². The molecule has 1 aromatic rings. The summed E-state index contributed by atoms with van der Waals surface area (Å²) in [5.41, 5.74) is 1.74. The zero-order valence-electron chi connectivity index (χ0n) is 11.5. The molecule has 1 amide bonds. The molecule has 102 valence electrons. The van der Waals surface area contributed by atoms with Crippen LogP contribution in [0.2, 0.25) is 0 Å². The summed E-state index contributed by atoms with van der Waals surface area (Å²) in [7, 11) is 0. The highest BCUT2D eigenvalue weighted by molar-refractivity contribution is 5.95. The number of carbonyl (C=O) groups excluding carboxylic acids is 1. The maximum atomic E-state index is 11.8. The summed E-state index contributed by atoms with van der Waals surface area (Å²) in [5, 5.41) is 6.26. The van der Waals surface area contributed by atoms with Crippen molar-refractivity contribution >= 4 is 11.6 Å². The molecular formula is C16H22N2O. The first-order chi connectivity index (χ1) is 9.29. The summed E-state index contributed by atoms with van der Waals surface area (Å²) in [6.07, 6.45) is 8.11. The average molecular weight is 258 g/mol. The van der Waals surface area contributed by atoms with E-state index in [4.69, 9.17) is 0 Å². The second-order valence-electron chi connectivity index (χ2n) is 4.97. The Morgan fingerprint density at radius 1 is 1.37 bits per heavy atom. The van der Waals surface area contributed by atoms with Crippen LogP contribution in [0, 0.1) is 5.92 Å². The molecule has 1 unspecified atom stereocenters. The number of anilines is 1. The Balaban J connectivity index is 1.91. The highest BCUT2D eigenvalue weighted by Crippen LogP contribution is 2.19. The standard InChI is InChI=1S/C16H22N2O/c1-2-17-16(19)14-9-6-10-15(11-14)18-12-13-7-4-3-5-8-13/h3-4,6,9-11,13,18H,2,5,7-8,12H2,1H3,(H,17,19). The summed E-state index contributed by atoms with van der Waals surface area (Å²) in [4.78, 5) is 11.8. The van der Waals surface area contributed by atoms with Gasteiger partial charge in [-0.25, -0.2) is 0 Å². The third-order valence-electron chi connectivity index (χ3n) is 3.43. The van der Waals surface area contributed by atoms with Gasteiger partial charge in [-0.3, -0.25) is 4.79 Å². The maximum Gasteiger partial charge on any atom is 0.251 e. The van der Waals surface area contributed by atoms with Gasteiger partial charge < -0.3 is 10.6 Å². The van der Waals surface area contributed by atoms with Crippen LogP contribution in [-0.2, 0) is 0 Å². The first-order valence-electron chi connectivity index (χ1n) is 7.06. The summed E-state index contributed by atoms with van der Waals surface area (Å²) >= 11 is 0. The fraction of sp³-hybridized carbons (Fsp3) is 0.438. The van der Waals surface area contributed by atoms with E-state index in [2.05, 4.69) is 22.8 Å². The fourth-order valence-corrected chi connectivity index (χ4v) is 2.34. The number of allylic oxidation sites excluding steroid dienone is 2. The van der Waals surface area contributed by atoms with Crippen LogP contribution in [0.3, 0.4) is 0 Å². The van der Waals surface area contributed by atoms with E-state index in [9.17, 15) is 4.79 Å². The van der Waals surface area contributed by atoms with E-state index in [-0.39, 0.29) is 5.91 Å². The summed E-state index contributed by atoms with van der Waals surface area (Å²) in [6, 6.07) is 7.71. The van der Waals surface area contributed by atoms with Gasteiger partial charge >= 0.3 is 0 Å². The van der Waals surface area contributed by atoms with Crippen LogP contribution in [0.1, 0.15) is 36.5 Å². The Morgan fingerprint density at radius 2 is 2.26 bits per heavy atom. The highest BCUT2D eigenvalue weighted by Gasteiger charge is 2.10. The van der Waals surface area contributed by atoms with Crippen molar-refractivity contribution in [2.75, 3.05) is 18.4 Å². The second-order valence-corrected chi connectivity index (χ2v) is 4.97. The van der Waals surface area contributed by atoms with E-state index in [1.54, 1.807) is 0 Å². The van der Waals surface area contributed by atoms with Gasteiger partial charge in [0, 0.05) is 24.3 Å². The molecule has 1 aromatic carbocycles. The van der Waals surface area contributed by atoms with Crippen LogP contribution in [0.25, 0.3) is 0 Å². The molecular weight excluding hydrogens is 236 g/mol. The third kappa shape index (κ3) is 4.12. The molecule has 0 fully saturated rings. The number of hydrogen-bond donors (Lipinski definition) is 2. The molecule has 2 N–H and O–H groups in total. The van der Waals surface area contributed by atoms with Crippen molar-refractivity contribution in [1.82, 2.24) is 5.32 Å². The lowest BCUT2D eigenvalue weighted by Gasteiger charge is -2.19. The van der Waals surface area contributed by atoms with E-state index in [1.165, 1.54) is 12.8 Å². The molecule has 0 aliphatic heterocycles. The monoisotopic (exact) mass is 258 g/mol. The van der Waals surface area contributed by atoms with Gasteiger partial charge in [0.25, 0.3) is 5.91 Å². The van der Waals surface area contributed by atoms with Gasteiger partial charge in [-0.2, -0.15) is 0 Å². The maximum absolute atomic E-state index is 11.8. The SMILES string of the molecule is CCNC(=O)c1cccc(NCC2CC=CCC2)c1. The van der Waals surface area contributed by atoms with Crippen LogP contribution < -0.4 is 10.6 Å². The van der Waals surface area contributed by atoms with Crippen LogP contribution in [-0.4, -0.2) is 19.0 Å². The number of benzene rings is 1. The number of nitrogens with one attached hydrogen (secondary N) is 2. The predicted molar refractivity (Wildman–Crippen MR) is 79.4 cm³/mol. The van der Waals surface area contributed by atoms with Crippen molar-refractivity contribution in [3.05, 3.63) is 42.0 Å². The summed E-state index contributed by atoms with van der Waals surface area (Å²) < 4.78 is 0. The van der Waals surface area contributed by atoms with Gasteiger partial charge in [0.05, 0.1) is 0 Å². The molecule has 1 aliphatic carbocycles. The van der Waals surface area contributed by atoms with Crippen molar-refractivity contribution in [1.29, 1.82) is 0 Å². The zero-order valence-corrected chi connectivity index (χ0v) is 11.5. The zero-order chi connectivity index (χ0) is 13.5. The molecule has 0 saturated heterocycles. The lowest BCUT2D eigenvalue weighted by atomic mass is 9.94. The van der Waals surface area contributed by atoms with Crippen LogP contribution in [0.5, 0.6) is 0 Å². The van der Waals surface area contributed by atoms with E-state index >= 15 is 0 Å². The number of amides is 1. The molecule has 0 spiro atoms. The Kier molecular flexibility index (Phi) is 5.01. The molecule has 1 atom stereocenters. The number of carbonyl (C=O) groups is 1. The molecule has 1 aliphatic rings. The van der Waals surface area contributed by atoms with E-state index in [0.29, 0.717) is 12.5 Å². The first-order valence-corrected chi connectivity index (χ1v) is 7.06. The molecule has 0 bridgehead atoms. The molecule has 3 heteroatoms. The van der Waals surface area contributed by atoms with Crippen molar-refractivity contribution in [3.63, 3.8) is 0 Å². The Labute approximate surface area is 115 Å². The van der Waals surface area contributed by atoms with Crippen molar-refractivity contribution in [3.8, 4) is 0 Å². The molecule has 0 heterocycles. The lowest BCUT2D eigenvalue weighted by molar-refractivity contribution is 0.0956. The Bertz CT molecular complexity index is 454. The third-order valence-corrected chi connectivity index (χ3v) is 3.43. The minimum absolute atomic E-state index is 0.00764. The topological polar surface area (TPSA) is 41.1 Å². The Hall–Kier alpha value is -1.77. The first kappa shape index (κ1) is 13.7. The van der Waals surface area contributed by atoms with E-state index in [1.807, 2.05) is 31.2 Å². The smallest absolute Gasteiger partial charge is 0.251 e. The minimum Gasteiger partial charge on any atom is -0.385 e. The lowest BCUT2D eigenvalue weighted by Crippen LogP contribution is -2.22. The van der Waals surface area contributed by atoms with Crippen LogP contribution >= 0.6 is 0 Å². The van der Waals surface area contributed by atoms with E-state index < -0.39 is 0 Å². The summed E-state index contributed by atoms with van der Waals surface area (Å²) in [6.45, 7) is 3.56.